The van der Waals surface area contributed by atoms with Gasteiger partial charge in [0.2, 0.25) is 11.8 Å². The highest BCUT2D eigenvalue weighted by Crippen LogP contribution is 2.54. The summed E-state index contributed by atoms with van der Waals surface area (Å²) < 4.78 is 8.01. The average Bonchev–Trinajstić information content (AvgIpc) is 3.44. The van der Waals surface area contributed by atoms with Crippen molar-refractivity contribution in [3.8, 4) is 0 Å². The van der Waals surface area contributed by atoms with E-state index in [0.29, 0.717) is 25.4 Å². The van der Waals surface area contributed by atoms with Crippen LogP contribution in [0.2, 0.25) is 0 Å². The van der Waals surface area contributed by atoms with E-state index in [9.17, 15) is 9.59 Å². The molecule has 4 heterocycles. The maximum Gasteiger partial charge on any atom is 0.241 e. The second-order valence-corrected chi connectivity index (χ2v) is 8.27. The molecule has 0 aliphatic carbocycles. The van der Waals surface area contributed by atoms with Crippen LogP contribution in [0.15, 0.2) is 30.6 Å². The molecule has 3 saturated heterocycles. The second-order valence-electron chi connectivity index (χ2n) is 8.27. The zero-order chi connectivity index (χ0) is 19.6. The highest BCUT2D eigenvalue weighted by molar-refractivity contribution is 5.77. The molecule has 1 aromatic rings. The van der Waals surface area contributed by atoms with Gasteiger partial charge in [-0.25, -0.2) is 0 Å². The van der Waals surface area contributed by atoms with E-state index < -0.39 is 0 Å². The molecule has 2 amide bonds. The predicted molar refractivity (Wildman–Crippen MR) is 104 cm³/mol. The molecular weight excluding hydrogens is 356 g/mol. The van der Waals surface area contributed by atoms with Gasteiger partial charge in [0.05, 0.1) is 18.2 Å². The van der Waals surface area contributed by atoms with E-state index in [1.165, 1.54) is 0 Å². The molecule has 28 heavy (non-hydrogen) atoms. The third-order valence-corrected chi connectivity index (χ3v) is 6.53. The fraction of sp³-hybridized carbons (Fsp3) is 0.667. The fourth-order valence-electron chi connectivity index (χ4n) is 5.18. The molecule has 7 nitrogen and oxygen atoms in total. The first-order valence-electron chi connectivity index (χ1n) is 10.4. The normalized spacial score (nSPS) is 30.9. The van der Waals surface area contributed by atoms with Crippen molar-refractivity contribution < 1.29 is 14.3 Å². The first-order chi connectivity index (χ1) is 13.6. The molecule has 4 rings (SSSR count). The SMILES string of the molecule is C/C=C/CCCC(=O)N1C[C@@H]2[C@H](CNC(=O)Cn3cccn3)[C@H]3CC[C@]2(C1)O3. The molecule has 4 atom stereocenters. The summed E-state index contributed by atoms with van der Waals surface area (Å²) in [7, 11) is 0. The molecule has 0 radical (unpaired) electrons. The van der Waals surface area contributed by atoms with Gasteiger partial charge in [-0.2, -0.15) is 5.10 Å². The first-order valence-corrected chi connectivity index (χ1v) is 10.4. The monoisotopic (exact) mass is 386 g/mol. The maximum atomic E-state index is 12.6. The fourth-order valence-corrected chi connectivity index (χ4v) is 5.18. The number of ether oxygens (including phenoxy) is 1. The maximum absolute atomic E-state index is 12.6. The summed E-state index contributed by atoms with van der Waals surface area (Å²) in [6.07, 6.45) is 12.3. The molecular formula is C21H30N4O3. The number of carbonyl (C=O) groups excluding carboxylic acids is 2. The van der Waals surface area contributed by atoms with E-state index in [2.05, 4.69) is 16.5 Å². The number of allylic oxidation sites excluding steroid dienone is 2. The van der Waals surface area contributed by atoms with E-state index in [-0.39, 0.29) is 36.0 Å². The number of nitrogens with one attached hydrogen (secondary N) is 1. The number of hydrogen-bond donors (Lipinski definition) is 1. The largest absolute Gasteiger partial charge is 0.369 e. The van der Waals surface area contributed by atoms with Crippen LogP contribution in [0.25, 0.3) is 0 Å². The van der Waals surface area contributed by atoms with Crippen molar-refractivity contribution in [1.82, 2.24) is 20.0 Å². The lowest BCUT2D eigenvalue weighted by Gasteiger charge is -2.29. The minimum absolute atomic E-state index is 0.0320. The smallest absolute Gasteiger partial charge is 0.241 e. The van der Waals surface area contributed by atoms with Crippen molar-refractivity contribution in [2.45, 2.75) is 57.3 Å². The number of nitrogens with zero attached hydrogens (tertiary/aromatic N) is 3. The number of fused-ring (bicyclic) bond motifs is 1. The van der Waals surface area contributed by atoms with E-state index in [4.69, 9.17) is 4.74 Å². The lowest BCUT2D eigenvalue weighted by atomic mass is 9.73. The Morgan fingerprint density at radius 3 is 3.11 bits per heavy atom. The molecule has 1 spiro atoms. The summed E-state index contributed by atoms with van der Waals surface area (Å²) in [6.45, 7) is 4.33. The van der Waals surface area contributed by atoms with Gasteiger partial charge in [0.25, 0.3) is 0 Å². The van der Waals surface area contributed by atoms with Crippen LogP contribution in [0.1, 0.15) is 39.0 Å². The van der Waals surface area contributed by atoms with Gasteiger partial charge in [-0.15, -0.1) is 0 Å². The van der Waals surface area contributed by atoms with Crippen molar-refractivity contribution in [1.29, 1.82) is 0 Å². The van der Waals surface area contributed by atoms with Gasteiger partial charge in [0.15, 0.2) is 0 Å². The molecule has 3 aliphatic rings. The summed E-state index contributed by atoms with van der Waals surface area (Å²) in [5, 5.41) is 7.13. The lowest BCUT2D eigenvalue weighted by molar-refractivity contribution is -0.132. The van der Waals surface area contributed by atoms with Gasteiger partial charge in [0, 0.05) is 43.7 Å². The number of rotatable bonds is 8. The Hall–Kier alpha value is -2.15. The van der Waals surface area contributed by atoms with Crippen LogP contribution in [0, 0.1) is 11.8 Å². The first kappa shape index (κ1) is 19.2. The van der Waals surface area contributed by atoms with Crippen LogP contribution in [-0.2, 0) is 20.9 Å². The third-order valence-electron chi connectivity index (χ3n) is 6.53. The standard InChI is InChI=1S/C21H30N4O3/c1-2-3-4-5-7-20(27)24-13-17-16(18-8-9-21(17,15-24)28-18)12-22-19(26)14-25-11-6-10-23-25/h2-3,6,10-11,16-18H,4-5,7-9,12-15H2,1H3,(H,22,26)/b3-2+/t16-,17+,18+,21+/m0/s1. The number of carbonyl (C=O) groups is 2. The predicted octanol–water partition coefficient (Wildman–Crippen LogP) is 1.75. The van der Waals surface area contributed by atoms with Crippen LogP contribution in [0.3, 0.4) is 0 Å². The summed E-state index contributed by atoms with van der Waals surface area (Å²) >= 11 is 0. The Balaban J connectivity index is 1.31. The highest BCUT2D eigenvalue weighted by Gasteiger charge is 2.63. The zero-order valence-electron chi connectivity index (χ0n) is 16.5. The second kappa shape index (κ2) is 8.07. The number of hydrogen-bond acceptors (Lipinski definition) is 4. The number of amides is 2. The number of likely N-dealkylation sites (tertiary alicyclic amines) is 1. The topological polar surface area (TPSA) is 76.5 Å². The van der Waals surface area contributed by atoms with Crippen molar-refractivity contribution in [3.05, 3.63) is 30.6 Å². The molecule has 152 valence electrons. The van der Waals surface area contributed by atoms with Crippen molar-refractivity contribution in [3.63, 3.8) is 0 Å². The van der Waals surface area contributed by atoms with Gasteiger partial charge in [-0.3, -0.25) is 14.3 Å². The minimum Gasteiger partial charge on any atom is -0.369 e. The van der Waals surface area contributed by atoms with E-state index in [1.54, 1.807) is 17.1 Å². The van der Waals surface area contributed by atoms with Crippen LogP contribution >= 0.6 is 0 Å². The molecule has 0 aromatic carbocycles. The van der Waals surface area contributed by atoms with Crippen LogP contribution in [0.5, 0.6) is 0 Å². The van der Waals surface area contributed by atoms with E-state index >= 15 is 0 Å². The van der Waals surface area contributed by atoms with E-state index in [0.717, 1.165) is 32.2 Å². The summed E-state index contributed by atoms with van der Waals surface area (Å²) in [5.41, 5.74) is -0.180. The lowest BCUT2D eigenvalue weighted by Crippen LogP contribution is -2.42. The highest BCUT2D eigenvalue weighted by atomic mass is 16.5. The Labute approximate surface area is 166 Å². The summed E-state index contributed by atoms with van der Waals surface area (Å²) in [6, 6.07) is 1.81. The Bertz CT molecular complexity index is 732. The number of aromatic nitrogens is 2. The van der Waals surface area contributed by atoms with Gasteiger partial charge >= 0.3 is 0 Å². The van der Waals surface area contributed by atoms with Gasteiger partial charge < -0.3 is 15.0 Å². The van der Waals surface area contributed by atoms with Crippen LogP contribution in [0.4, 0.5) is 0 Å². The van der Waals surface area contributed by atoms with Crippen LogP contribution < -0.4 is 5.32 Å². The Morgan fingerprint density at radius 2 is 2.32 bits per heavy atom. The molecule has 3 aliphatic heterocycles. The van der Waals surface area contributed by atoms with Crippen molar-refractivity contribution in [2.75, 3.05) is 19.6 Å². The quantitative estimate of drug-likeness (QED) is 0.546. The van der Waals surface area contributed by atoms with Crippen molar-refractivity contribution >= 4 is 11.8 Å². The van der Waals surface area contributed by atoms with Gasteiger partial charge in [-0.1, -0.05) is 12.2 Å². The Kier molecular flexibility index (Phi) is 5.53. The molecule has 1 aromatic heterocycles. The van der Waals surface area contributed by atoms with Gasteiger partial charge in [0.1, 0.15) is 6.54 Å². The Morgan fingerprint density at radius 1 is 1.43 bits per heavy atom. The summed E-state index contributed by atoms with van der Waals surface area (Å²) in [4.78, 5) is 26.9. The molecule has 0 unspecified atom stereocenters. The third kappa shape index (κ3) is 3.72. The zero-order valence-corrected chi connectivity index (χ0v) is 16.5. The van der Waals surface area contributed by atoms with Crippen molar-refractivity contribution in [2.24, 2.45) is 11.8 Å². The summed E-state index contributed by atoms with van der Waals surface area (Å²) in [5.74, 6) is 0.823. The van der Waals surface area contributed by atoms with Gasteiger partial charge in [-0.05, 0) is 38.7 Å². The van der Waals surface area contributed by atoms with Crippen LogP contribution in [-0.4, -0.2) is 57.8 Å². The molecule has 1 N–H and O–H groups in total. The molecule has 3 fully saturated rings. The molecule has 7 heteroatoms. The minimum atomic E-state index is -0.180. The van der Waals surface area contributed by atoms with E-state index in [1.807, 2.05) is 24.0 Å². The molecule has 0 saturated carbocycles. The average molecular weight is 386 g/mol. The number of unbranched alkanes of at least 4 members (excludes halogenated alkanes) is 1. The molecule has 2 bridgehead atoms.